The van der Waals surface area contributed by atoms with Crippen molar-refractivity contribution in [1.29, 1.82) is 0 Å². The van der Waals surface area contributed by atoms with Crippen molar-refractivity contribution in [3.05, 3.63) is 30.7 Å². The quantitative estimate of drug-likeness (QED) is 0.0801. The summed E-state index contributed by atoms with van der Waals surface area (Å²) in [7, 11) is 0. The van der Waals surface area contributed by atoms with Gasteiger partial charge in [0.2, 0.25) is 0 Å². The van der Waals surface area contributed by atoms with Gasteiger partial charge in [0.05, 0.1) is 13.2 Å². The number of hydrogen-bond donors (Lipinski definition) is 0. The molecule has 0 aliphatic heterocycles. The second-order valence-corrected chi connectivity index (χ2v) is 12.5. The summed E-state index contributed by atoms with van der Waals surface area (Å²) in [6.45, 7) is 10.3. The zero-order valence-electron chi connectivity index (χ0n) is 28.0. The van der Waals surface area contributed by atoms with Crippen molar-refractivity contribution in [2.45, 2.75) is 194 Å². The van der Waals surface area contributed by atoms with Crippen LogP contribution < -0.4 is 9.47 Å². The molecule has 0 N–H and O–H groups in total. The van der Waals surface area contributed by atoms with Gasteiger partial charge >= 0.3 is 0 Å². The third kappa shape index (κ3) is 23.0. The van der Waals surface area contributed by atoms with E-state index in [2.05, 4.69) is 39.0 Å². The number of ether oxygens (including phenoxy) is 2. The third-order valence-electron chi connectivity index (χ3n) is 8.53. The molecule has 0 aliphatic rings. The van der Waals surface area contributed by atoms with Crippen LogP contribution in [0, 0.1) is 6.92 Å². The van der Waals surface area contributed by atoms with Crippen molar-refractivity contribution in [2.24, 2.45) is 0 Å². The maximum Gasteiger partial charge on any atom is 0.126 e. The minimum atomic E-state index is 0.810. The zero-order valence-corrected chi connectivity index (χ0v) is 28.0. The van der Waals surface area contributed by atoms with Gasteiger partial charge in [-0.2, -0.15) is 0 Å². The molecule has 1 aromatic rings. The summed E-state index contributed by atoms with van der Waals surface area (Å²) < 4.78 is 12.5. The topological polar surface area (TPSA) is 18.5 Å². The van der Waals surface area contributed by atoms with E-state index < -0.39 is 0 Å². The van der Waals surface area contributed by atoms with E-state index in [1.807, 2.05) is 0 Å². The Labute approximate surface area is 258 Å². The zero-order chi connectivity index (χ0) is 29.5. The highest BCUT2D eigenvalue weighted by molar-refractivity contribution is 5.45. The van der Waals surface area contributed by atoms with Crippen molar-refractivity contribution in [2.75, 3.05) is 13.2 Å². The van der Waals surface area contributed by atoms with Crippen LogP contribution in [0.5, 0.6) is 11.5 Å². The molecule has 0 spiro atoms. The molecule has 1 aromatic carbocycles. The van der Waals surface area contributed by atoms with E-state index in [1.54, 1.807) is 0 Å². The summed E-state index contributed by atoms with van der Waals surface area (Å²) >= 11 is 0. The normalized spacial score (nSPS) is 11.3. The van der Waals surface area contributed by atoms with Crippen molar-refractivity contribution in [3.8, 4) is 11.5 Å². The van der Waals surface area contributed by atoms with Crippen molar-refractivity contribution < 1.29 is 9.47 Å². The van der Waals surface area contributed by atoms with Crippen molar-refractivity contribution in [3.63, 3.8) is 0 Å². The van der Waals surface area contributed by atoms with E-state index >= 15 is 0 Å². The van der Waals surface area contributed by atoms with E-state index in [0.29, 0.717) is 0 Å². The molecule has 0 fully saturated rings. The first kappa shape index (κ1) is 37.8. The van der Waals surface area contributed by atoms with E-state index in [0.717, 1.165) is 50.4 Å². The molecular formula is C39H71O2. The predicted octanol–water partition coefficient (Wildman–Crippen LogP) is 13.4. The molecule has 0 heterocycles. The standard InChI is InChI=1S/C39H71O2/c1-4-7-9-11-13-15-17-19-21-23-25-27-29-35-40-38-33-31-34-39(37(38)32-6-3)41-36-30-28-26-24-22-20-18-16-14-12-10-8-5-2/h31,33-34H,3-30,32,35-36H2,1-2H3. The molecule has 0 saturated carbocycles. The van der Waals surface area contributed by atoms with Crippen LogP contribution in [0.25, 0.3) is 0 Å². The van der Waals surface area contributed by atoms with Crippen LogP contribution in [0.3, 0.4) is 0 Å². The van der Waals surface area contributed by atoms with Gasteiger partial charge in [0.15, 0.2) is 0 Å². The van der Waals surface area contributed by atoms with E-state index in [4.69, 9.17) is 9.47 Å². The van der Waals surface area contributed by atoms with Crippen LogP contribution in [-0.2, 0) is 6.42 Å². The first-order chi connectivity index (χ1) is 20.3. The minimum Gasteiger partial charge on any atom is -0.493 e. The Bertz CT molecular complexity index is 605. The van der Waals surface area contributed by atoms with Gasteiger partial charge in [-0.1, -0.05) is 181 Å². The molecule has 0 amide bonds. The first-order valence-electron chi connectivity index (χ1n) is 18.5. The average molecular weight is 572 g/mol. The third-order valence-corrected chi connectivity index (χ3v) is 8.53. The lowest BCUT2D eigenvalue weighted by Gasteiger charge is -2.16. The Balaban J connectivity index is 2.08. The monoisotopic (exact) mass is 572 g/mol. The number of unbranched alkanes of at least 4 members (excludes halogenated alkanes) is 24. The second kappa shape index (κ2) is 30.3. The molecule has 0 saturated heterocycles. The van der Waals surface area contributed by atoms with Crippen LogP contribution in [0.2, 0.25) is 0 Å². The summed E-state index contributed by atoms with van der Waals surface area (Å²) in [4.78, 5) is 0. The summed E-state index contributed by atoms with van der Waals surface area (Å²) in [5.74, 6) is 2.02. The SMILES string of the molecule is [CH2]CCc1c(OCCCCCCCCCCCCCCC)cccc1OCCCCCCCCCCCCCCC. The average Bonchev–Trinajstić information content (AvgIpc) is 2.98. The lowest BCUT2D eigenvalue weighted by atomic mass is 10.0. The van der Waals surface area contributed by atoms with Gasteiger partial charge in [0.1, 0.15) is 11.5 Å². The minimum absolute atomic E-state index is 0.810. The second-order valence-electron chi connectivity index (χ2n) is 12.5. The van der Waals surface area contributed by atoms with Crippen LogP contribution in [-0.4, -0.2) is 13.2 Å². The molecule has 239 valence electrons. The summed E-state index contributed by atoms with van der Waals surface area (Å²) in [5, 5.41) is 0. The Morgan fingerprint density at radius 1 is 0.439 bits per heavy atom. The fourth-order valence-electron chi connectivity index (χ4n) is 5.84. The Morgan fingerprint density at radius 2 is 0.732 bits per heavy atom. The van der Waals surface area contributed by atoms with Crippen LogP contribution >= 0.6 is 0 Å². The van der Waals surface area contributed by atoms with Gasteiger partial charge in [0, 0.05) is 5.56 Å². The van der Waals surface area contributed by atoms with Crippen LogP contribution in [0.4, 0.5) is 0 Å². The molecule has 0 atom stereocenters. The van der Waals surface area contributed by atoms with Crippen LogP contribution in [0.15, 0.2) is 18.2 Å². The number of benzene rings is 1. The fraction of sp³-hybridized carbons (Fsp3) is 0.821. The summed E-state index contributed by atoms with van der Waals surface area (Å²) in [6, 6.07) is 6.32. The maximum absolute atomic E-state index is 6.25. The summed E-state index contributed by atoms with van der Waals surface area (Å²) in [5.41, 5.74) is 1.21. The van der Waals surface area contributed by atoms with Gasteiger partial charge in [-0.15, -0.1) is 0 Å². The lowest BCUT2D eigenvalue weighted by Crippen LogP contribution is -2.04. The highest BCUT2D eigenvalue weighted by Gasteiger charge is 2.10. The molecule has 0 aliphatic carbocycles. The predicted molar refractivity (Wildman–Crippen MR) is 182 cm³/mol. The molecule has 2 heteroatoms. The molecule has 0 aromatic heterocycles. The molecule has 1 rings (SSSR count). The molecule has 2 nitrogen and oxygen atoms in total. The lowest BCUT2D eigenvalue weighted by molar-refractivity contribution is 0.284. The van der Waals surface area contributed by atoms with Gasteiger partial charge in [-0.05, 0) is 37.8 Å². The van der Waals surface area contributed by atoms with Gasteiger partial charge in [-0.25, -0.2) is 0 Å². The summed E-state index contributed by atoms with van der Waals surface area (Å²) in [6.07, 6.45) is 37.6. The van der Waals surface area contributed by atoms with Gasteiger partial charge in [-0.3, -0.25) is 0 Å². The Kier molecular flexibility index (Phi) is 28.0. The number of rotatable bonds is 32. The Hall–Kier alpha value is -1.18. The van der Waals surface area contributed by atoms with E-state index in [9.17, 15) is 0 Å². The van der Waals surface area contributed by atoms with E-state index in [1.165, 1.54) is 160 Å². The van der Waals surface area contributed by atoms with Crippen molar-refractivity contribution >= 4 is 0 Å². The maximum atomic E-state index is 6.25. The van der Waals surface area contributed by atoms with E-state index in [-0.39, 0.29) is 0 Å². The number of hydrogen-bond acceptors (Lipinski definition) is 2. The molecular weight excluding hydrogens is 500 g/mol. The first-order valence-corrected chi connectivity index (χ1v) is 18.5. The fourth-order valence-corrected chi connectivity index (χ4v) is 5.84. The Morgan fingerprint density at radius 3 is 1.02 bits per heavy atom. The highest BCUT2D eigenvalue weighted by atomic mass is 16.5. The molecule has 1 radical (unpaired) electrons. The van der Waals surface area contributed by atoms with Gasteiger partial charge in [0.25, 0.3) is 0 Å². The van der Waals surface area contributed by atoms with Gasteiger partial charge < -0.3 is 9.47 Å². The highest BCUT2D eigenvalue weighted by Crippen LogP contribution is 2.30. The van der Waals surface area contributed by atoms with Crippen LogP contribution in [0.1, 0.15) is 193 Å². The largest absolute Gasteiger partial charge is 0.493 e. The smallest absolute Gasteiger partial charge is 0.126 e. The molecule has 41 heavy (non-hydrogen) atoms. The molecule has 0 bridgehead atoms. The molecule has 0 unspecified atom stereocenters. The van der Waals surface area contributed by atoms with Crippen molar-refractivity contribution in [1.82, 2.24) is 0 Å².